The molecule has 1 aromatic rings. The van der Waals surface area contributed by atoms with E-state index in [1.165, 1.54) is 18.4 Å². The number of sulfone groups is 1. The van der Waals surface area contributed by atoms with Gasteiger partial charge in [0.05, 0.1) is 5.75 Å². The van der Waals surface area contributed by atoms with E-state index in [4.69, 9.17) is 0 Å². The fraction of sp³-hybridized carbons (Fsp3) is 0.500. The van der Waals surface area contributed by atoms with E-state index in [2.05, 4.69) is 5.32 Å². The van der Waals surface area contributed by atoms with Gasteiger partial charge >= 0.3 is 0 Å². The number of hydrogen-bond donors (Lipinski definition) is 1. The summed E-state index contributed by atoms with van der Waals surface area (Å²) in [6.07, 6.45) is 1.99. The Bertz CT molecular complexity index is 442. The molecular formula is C12H18FNO2S. The second-order valence-electron chi connectivity index (χ2n) is 4.32. The van der Waals surface area contributed by atoms with Gasteiger partial charge < -0.3 is 5.32 Å². The lowest BCUT2D eigenvalue weighted by Crippen LogP contribution is -2.34. The summed E-state index contributed by atoms with van der Waals surface area (Å²) in [5.41, 5.74) is 1.03. The summed E-state index contributed by atoms with van der Waals surface area (Å²) < 4.78 is 34.7. The summed E-state index contributed by atoms with van der Waals surface area (Å²) in [5.74, 6) is -0.108. The molecule has 0 aromatic heterocycles. The van der Waals surface area contributed by atoms with Crippen molar-refractivity contribution in [2.45, 2.75) is 19.4 Å². The van der Waals surface area contributed by atoms with Gasteiger partial charge in [-0.15, -0.1) is 0 Å². The lowest BCUT2D eigenvalue weighted by atomic mass is 10.1. The standard InChI is InChI=1S/C12H18FNO2S/c1-10(9-17(2,15)16)14-8-7-11-3-5-12(13)6-4-11/h3-6,10,14H,7-9H2,1-2H3. The Labute approximate surface area is 102 Å². The van der Waals surface area contributed by atoms with E-state index in [0.717, 1.165) is 12.0 Å². The van der Waals surface area contributed by atoms with Crippen LogP contribution in [-0.4, -0.2) is 33.0 Å². The van der Waals surface area contributed by atoms with Crippen LogP contribution in [0.2, 0.25) is 0 Å². The van der Waals surface area contributed by atoms with E-state index in [9.17, 15) is 12.8 Å². The first-order valence-electron chi connectivity index (χ1n) is 5.52. The van der Waals surface area contributed by atoms with Gasteiger partial charge in [-0.2, -0.15) is 0 Å². The Hall–Kier alpha value is -0.940. The van der Waals surface area contributed by atoms with Crippen LogP contribution in [0, 0.1) is 5.82 Å². The maximum atomic E-state index is 12.6. The van der Waals surface area contributed by atoms with Crippen molar-refractivity contribution in [2.24, 2.45) is 0 Å². The molecule has 0 amide bonds. The summed E-state index contributed by atoms with van der Waals surface area (Å²) >= 11 is 0. The SMILES string of the molecule is CC(CS(C)(=O)=O)NCCc1ccc(F)cc1. The Morgan fingerprint density at radius 1 is 1.29 bits per heavy atom. The van der Waals surface area contributed by atoms with Crippen LogP contribution in [0.3, 0.4) is 0 Å². The zero-order valence-corrected chi connectivity index (χ0v) is 10.9. The van der Waals surface area contributed by atoms with E-state index < -0.39 is 9.84 Å². The van der Waals surface area contributed by atoms with Crippen LogP contribution >= 0.6 is 0 Å². The van der Waals surface area contributed by atoms with Gasteiger partial charge in [-0.25, -0.2) is 12.8 Å². The summed E-state index contributed by atoms with van der Waals surface area (Å²) in [6.45, 7) is 2.52. The molecule has 1 unspecified atom stereocenters. The van der Waals surface area contributed by atoms with Crippen molar-refractivity contribution in [3.63, 3.8) is 0 Å². The molecule has 0 bridgehead atoms. The Morgan fingerprint density at radius 2 is 1.88 bits per heavy atom. The van der Waals surface area contributed by atoms with E-state index >= 15 is 0 Å². The fourth-order valence-electron chi connectivity index (χ4n) is 1.63. The predicted octanol–water partition coefficient (Wildman–Crippen LogP) is 1.39. The van der Waals surface area contributed by atoms with Crippen LogP contribution in [0.4, 0.5) is 4.39 Å². The van der Waals surface area contributed by atoms with Gasteiger partial charge in [0.1, 0.15) is 15.7 Å². The number of halogens is 1. The molecule has 0 aliphatic heterocycles. The van der Waals surface area contributed by atoms with Gasteiger partial charge in [0.15, 0.2) is 0 Å². The van der Waals surface area contributed by atoms with Crippen LogP contribution in [0.15, 0.2) is 24.3 Å². The Balaban J connectivity index is 2.30. The molecule has 0 saturated heterocycles. The highest BCUT2D eigenvalue weighted by Crippen LogP contribution is 2.03. The highest BCUT2D eigenvalue weighted by atomic mass is 32.2. The first-order chi connectivity index (χ1) is 7.87. The average Bonchev–Trinajstić information content (AvgIpc) is 2.18. The van der Waals surface area contributed by atoms with E-state index in [1.807, 2.05) is 6.92 Å². The third-order valence-electron chi connectivity index (χ3n) is 2.37. The summed E-state index contributed by atoms with van der Waals surface area (Å²) in [5, 5.41) is 3.13. The van der Waals surface area contributed by atoms with Gasteiger partial charge in [-0.1, -0.05) is 12.1 Å². The van der Waals surface area contributed by atoms with Crippen molar-refractivity contribution < 1.29 is 12.8 Å². The zero-order chi connectivity index (χ0) is 12.9. The van der Waals surface area contributed by atoms with E-state index in [1.54, 1.807) is 12.1 Å². The van der Waals surface area contributed by atoms with Crippen molar-refractivity contribution in [1.82, 2.24) is 5.32 Å². The Kier molecular flexibility index (Phi) is 5.08. The van der Waals surface area contributed by atoms with Gasteiger partial charge in [0, 0.05) is 12.3 Å². The molecule has 1 aromatic carbocycles. The maximum Gasteiger partial charge on any atom is 0.148 e. The minimum absolute atomic E-state index is 0.0644. The monoisotopic (exact) mass is 259 g/mol. The third-order valence-corrected chi connectivity index (χ3v) is 3.48. The van der Waals surface area contributed by atoms with Crippen molar-refractivity contribution in [3.8, 4) is 0 Å². The van der Waals surface area contributed by atoms with E-state index in [0.29, 0.717) is 6.54 Å². The second-order valence-corrected chi connectivity index (χ2v) is 6.51. The number of nitrogens with one attached hydrogen (secondary N) is 1. The van der Waals surface area contributed by atoms with Gasteiger partial charge in [0.2, 0.25) is 0 Å². The minimum Gasteiger partial charge on any atom is -0.313 e. The van der Waals surface area contributed by atoms with Crippen LogP contribution in [-0.2, 0) is 16.3 Å². The largest absolute Gasteiger partial charge is 0.313 e. The van der Waals surface area contributed by atoms with Crippen molar-refractivity contribution in [1.29, 1.82) is 0 Å². The summed E-state index contributed by atoms with van der Waals surface area (Å²) in [4.78, 5) is 0. The highest BCUT2D eigenvalue weighted by molar-refractivity contribution is 7.90. The highest BCUT2D eigenvalue weighted by Gasteiger charge is 2.09. The van der Waals surface area contributed by atoms with Crippen LogP contribution < -0.4 is 5.32 Å². The quantitative estimate of drug-likeness (QED) is 0.840. The summed E-state index contributed by atoms with van der Waals surface area (Å²) in [6, 6.07) is 6.26. The number of rotatable bonds is 6. The topological polar surface area (TPSA) is 46.2 Å². The summed E-state index contributed by atoms with van der Waals surface area (Å²) in [7, 11) is -2.94. The smallest absolute Gasteiger partial charge is 0.148 e. The van der Waals surface area contributed by atoms with Crippen LogP contribution in [0.25, 0.3) is 0 Å². The first kappa shape index (κ1) is 14.1. The molecule has 0 saturated carbocycles. The van der Waals surface area contributed by atoms with E-state index in [-0.39, 0.29) is 17.6 Å². The first-order valence-corrected chi connectivity index (χ1v) is 7.58. The van der Waals surface area contributed by atoms with Gasteiger partial charge in [0.25, 0.3) is 0 Å². The van der Waals surface area contributed by atoms with Crippen LogP contribution in [0.1, 0.15) is 12.5 Å². The van der Waals surface area contributed by atoms with Crippen molar-refractivity contribution >= 4 is 9.84 Å². The zero-order valence-electron chi connectivity index (χ0n) is 10.1. The molecular weight excluding hydrogens is 241 g/mol. The molecule has 0 fully saturated rings. The molecule has 1 rings (SSSR count). The lowest BCUT2D eigenvalue weighted by Gasteiger charge is -2.12. The molecule has 0 spiro atoms. The average molecular weight is 259 g/mol. The molecule has 0 radical (unpaired) electrons. The predicted molar refractivity (Wildman–Crippen MR) is 67.3 cm³/mol. The third kappa shape index (κ3) is 6.38. The fourth-order valence-corrected chi connectivity index (χ4v) is 2.65. The normalized spacial score (nSPS) is 13.6. The molecule has 0 aliphatic carbocycles. The second kappa shape index (κ2) is 6.12. The van der Waals surface area contributed by atoms with Crippen molar-refractivity contribution in [3.05, 3.63) is 35.6 Å². The molecule has 3 nitrogen and oxygen atoms in total. The van der Waals surface area contributed by atoms with Gasteiger partial charge in [-0.05, 0) is 37.6 Å². The molecule has 5 heteroatoms. The number of benzene rings is 1. The molecule has 1 atom stereocenters. The molecule has 0 aliphatic rings. The van der Waals surface area contributed by atoms with Gasteiger partial charge in [-0.3, -0.25) is 0 Å². The minimum atomic E-state index is -2.94. The molecule has 96 valence electrons. The molecule has 17 heavy (non-hydrogen) atoms. The lowest BCUT2D eigenvalue weighted by molar-refractivity contribution is 0.561. The molecule has 1 N–H and O–H groups in total. The Morgan fingerprint density at radius 3 is 2.41 bits per heavy atom. The van der Waals surface area contributed by atoms with Crippen molar-refractivity contribution in [2.75, 3.05) is 18.6 Å². The van der Waals surface area contributed by atoms with Crippen LogP contribution in [0.5, 0.6) is 0 Å². The maximum absolute atomic E-state index is 12.6. The number of hydrogen-bond acceptors (Lipinski definition) is 3. The molecule has 0 heterocycles.